The lowest BCUT2D eigenvalue weighted by Gasteiger charge is -2.26. The van der Waals surface area contributed by atoms with Crippen LogP contribution in [0.1, 0.15) is 18.1 Å². The molecule has 3 rings (SSSR count). The lowest BCUT2D eigenvalue weighted by molar-refractivity contribution is -0.144. The first-order valence-corrected chi connectivity index (χ1v) is 7.82. The van der Waals surface area contributed by atoms with Crippen LogP contribution in [0.2, 0.25) is 5.02 Å². The molecule has 0 amide bonds. The maximum absolute atomic E-state index is 12.3. The van der Waals surface area contributed by atoms with Crippen molar-refractivity contribution in [3.63, 3.8) is 0 Å². The average molecular weight is 316 g/mol. The monoisotopic (exact) mass is 315 g/mol. The zero-order valence-corrected chi connectivity index (χ0v) is 13.2. The molecule has 0 fully saturated rings. The van der Waals surface area contributed by atoms with Crippen LogP contribution < -0.4 is 4.90 Å². The van der Waals surface area contributed by atoms with Gasteiger partial charge in [-0.05, 0) is 36.2 Å². The van der Waals surface area contributed by atoms with Crippen molar-refractivity contribution in [3.05, 3.63) is 64.7 Å². The van der Waals surface area contributed by atoms with Gasteiger partial charge in [0.25, 0.3) is 0 Å². The van der Waals surface area contributed by atoms with Crippen molar-refractivity contribution in [1.82, 2.24) is 0 Å². The smallest absolute Gasteiger partial charge is 0.329 e. The molecule has 0 spiro atoms. The third-order valence-corrected chi connectivity index (χ3v) is 4.17. The summed E-state index contributed by atoms with van der Waals surface area (Å²) < 4.78 is 5.24. The molecule has 1 aliphatic heterocycles. The van der Waals surface area contributed by atoms with E-state index in [1.54, 1.807) is 0 Å². The number of carbonyl (C=O) groups excluding carboxylic acids is 1. The number of esters is 1. The van der Waals surface area contributed by atoms with Crippen molar-refractivity contribution in [3.8, 4) is 0 Å². The summed E-state index contributed by atoms with van der Waals surface area (Å²) in [5, 5.41) is 0.715. The van der Waals surface area contributed by atoms with E-state index in [4.69, 9.17) is 16.3 Å². The Balaban J connectivity index is 1.89. The number of anilines is 1. The molecular formula is C18H18ClNO2. The predicted octanol–water partition coefficient (Wildman–Crippen LogP) is 3.83. The van der Waals surface area contributed by atoms with Gasteiger partial charge in [0.05, 0.1) is 6.61 Å². The Morgan fingerprint density at radius 1 is 1.23 bits per heavy atom. The van der Waals surface area contributed by atoms with Crippen molar-refractivity contribution in [2.45, 2.75) is 25.9 Å². The molecule has 0 radical (unpaired) electrons. The van der Waals surface area contributed by atoms with Crippen LogP contribution in [0.15, 0.2) is 48.5 Å². The van der Waals surface area contributed by atoms with Crippen LogP contribution in [0.3, 0.4) is 0 Å². The number of hydrogen-bond donors (Lipinski definition) is 0. The largest absolute Gasteiger partial charge is 0.464 e. The maximum atomic E-state index is 12.3. The van der Waals surface area contributed by atoms with Crippen molar-refractivity contribution < 1.29 is 9.53 Å². The number of hydrogen-bond acceptors (Lipinski definition) is 3. The number of carbonyl (C=O) groups is 1. The van der Waals surface area contributed by atoms with E-state index in [9.17, 15) is 4.79 Å². The van der Waals surface area contributed by atoms with Gasteiger partial charge in [0.1, 0.15) is 6.04 Å². The van der Waals surface area contributed by atoms with E-state index in [1.807, 2.05) is 43.3 Å². The fraction of sp³-hybridized carbons (Fsp3) is 0.278. The first-order chi connectivity index (χ1) is 10.7. The molecule has 4 heteroatoms. The van der Waals surface area contributed by atoms with Crippen molar-refractivity contribution >= 4 is 23.3 Å². The van der Waals surface area contributed by atoms with Gasteiger partial charge in [-0.25, -0.2) is 4.79 Å². The van der Waals surface area contributed by atoms with E-state index in [0.29, 0.717) is 24.6 Å². The molecule has 3 nitrogen and oxygen atoms in total. The number of nitrogens with zero attached hydrogens (tertiary/aromatic N) is 1. The molecule has 0 aromatic heterocycles. The molecule has 114 valence electrons. The number of para-hydroxylation sites is 1. The minimum Gasteiger partial charge on any atom is -0.464 e. The molecule has 0 saturated heterocycles. The number of rotatable bonds is 4. The summed E-state index contributed by atoms with van der Waals surface area (Å²) in [5.74, 6) is -0.160. The quantitative estimate of drug-likeness (QED) is 0.803. The highest BCUT2D eigenvalue weighted by molar-refractivity contribution is 6.30. The molecule has 1 heterocycles. The van der Waals surface area contributed by atoms with Crippen LogP contribution in [0.25, 0.3) is 0 Å². The highest BCUT2D eigenvalue weighted by atomic mass is 35.5. The van der Waals surface area contributed by atoms with Gasteiger partial charge in [-0.1, -0.05) is 41.9 Å². The SMILES string of the molecule is CCOC(=O)C1Cc2ccccc2N1Cc1ccc(Cl)cc1. The Bertz CT molecular complexity index is 669. The first-order valence-electron chi connectivity index (χ1n) is 7.44. The fourth-order valence-corrected chi connectivity index (χ4v) is 3.01. The molecule has 0 N–H and O–H groups in total. The van der Waals surface area contributed by atoms with Gasteiger partial charge >= 0.3 is 5.97 Å². The van der Waals surface area contributed by atoms with Crippen LogP contribution in [-0.4, -0.2) is 18.6 Å². The second-order valence-corrected chi connectivity index (χ2v) is 5.79. The summed E-state index contributed by atoms with van der Waals surface area (Å²) in [6.45, 7) is 2.90. The molecule has 0 saturated carbocycles. The molecule has 0 bridgehead atoms. The summed E-state index contributed by atoms with van der Waals surface area (Å²) in [7, 11) is 0. The minimum atomic E-state index is -0.256. The molecule has 2 aromatic rings. The minimum absolute atomic E-state index is 0.160. The van der Waals surface area contributed by atoms with Gasteiger partial charge in [-0.3, -0.25) is 0 Å². The lowest BCUT2D eigenvalue weighted by Crippen LogP contribution is -2.39. The molecule has 1 atom stereocenters. The van der Waals surface area contributed by atoms with Crippen LogP contribution >= 0.6 is 11.6 Å². The van der Waals surface area contributed by atoms with E-state index in [1.165, 1.54) is 5.56 Å². The van der Waals surface area contributed by atoms with E-state index in [2.05, 4.69) is 17.0 Å². The molecule has 22 heavy (non-hydrogen) atoms. The maximum Gasteiger partial charge on any atom is 0.329 e. The highest BCUT2D eigenvalue weighted by Gasteiger charge is 2.35. The molecule has 1 aliphatic rings. The Morgan fingerprint density at radius 2 is 1.95 bits per heavy atom. The second kappa shape index (κ2) is 6.41. The topological polar surface area (TPSA) is 29.5 Å². The third kappa shape index (κ3) is 2.95. The normalized spacial score (nSPS) is 16.5. The summed E-state index contributed by atoms with van der Waals surface area (Å²) in [5.41, 5.74) is 3.42. The summed E-state index contributed by atoms with van der Waals surface area (Å²) in [4.78, 5) is 14.4. The molecule has 1 unspecified atom stereocenters. The van der Waals surface area contributed by atoms with Gasteiger partial charge in [-0.15, -0.1) is 0 Å². The van der Waals surface area contributed by atoms with E-state index >= 15 is 0 Å². The Morgan fingerprint density at radius 3 is 2.68 bits per heavy atom. The summed E-state index contributed by atoms with van der Waals surface area (Å²) in [6.07, 6.45) is 0.697. The van der Waals surface area contributed by atoms with Crippen LogP contribution in [0.5, 0.6) is 0 Å². The number of benzene rings is 2. The Labute approximate surface area is 135 Å². The Kier molecular flexibility index (Phi) is 4.34. The summed E-state index contributed by atoms with van der Waals surface area (Å²) >= 11 is 5.94. The summed E-state index contributed by atoms with van der Waals surface area (Å²) in [6, 6.07) is 15.6. The lowest BCUT2D eigenvalue weighted by atomic mass is 10.1. The van der Waals surface area contributed by atoms with Crippen molar-refractivity contribution in [2.24, 2.45) is 0 Å². The molecular weight excluding hydrogens is 298 g/mol. The van der Waals surface area contributed by atoms with Crippen molar-refractivity contribution in [1.29, 1.82) is 0 Å². The molecule has 2 aromatic carbocycles. The third-order valence-electron chi connectivity index (χ3n) is 3.92. The van der Waals surface area contributed by atoms with Gasteiger partial charge in [0.15, 0.2) is 0 Å². The fourth-order valence-electron chi connectivity index (χ4n) is 2.88. The van der Waals surface area contributed by atoms with E-state index in [0.717, 1.165) is 11.3 Å². The predicted molar refractivity (Wildman–Crippen MR) is 88.2 cm³/mol. The van der Waals surface area contributed by atoms with E-state index < -0.39 is 0 Å². The number of halogens is 1. The Hall–Kier alpha value is -2.00. The highest BCUT2D eigenvalue weighted by Crippen LogP contribution is 2.34. The van der Waals surface area contributed by atoms with Gasteiger partial charge in [0, 0.05) is 23.7 Å². The van der Waals surface area contributed by atoms with Gasteiger partial charge in [0.2, 0.25) is 0 Å². The number of ether oxygens (including phenoxy) is 1. The standard InChI is InChI=1S/C18H18ClNO2/c1-2-22-18(21)17-11-14-5-3-4-6-16(14)20(17)12-13-7-9-15(19)10-8-13/h3-10,17H,2,11-12H2,1H3. The number of fused-ring (bicyclic) bond motifs is 1. The second-order valence-electron chi connectivity index (χ2n) is 5.36. The van der Waals surface area contributed by atoms with Gasteiger partial charge < -0.3 is 9.64 Å². The van der Waals surface area contributed by atoms with E-state index in [-0.39, 0.29) is 12.0 Å². The van der Waals surface area contributed by atoms with Crippen molar-refractivity contribution in [2.75, 3.05) is 11.5 Å². The first kappa shape index (κ1) is 14.9. The van der Waals surface area contributed by atoms with Crippen LogP contribution in [0, 0.1) is 0 Å². The van der Waals surface area contributed by atoms with Gasteiger partial charge in [-0.2, -0.15) is 0 Å². The zero-order chi connectivity index (χ0) is 15.5. The van der Waals surface area contributed by atoms with Crippen LogP contribution in [-0.2, 0) is 22.5 Å². The molecule has 0 aliphatic carbocycles. The van der Waals surface area contributed by atoms with Crippen LogP contribution in [0.4, 0.5) is 5.69 Å². The average Bonchev–Trinajstić information content (AvgIpc) is 2.89. The zero-order valence-electron chi connectivity index (χ0n) is 12.5.